The maximum atomic E-state index is 4.34. The molecule has 3 heterocycles. The Morgan fingerprint density at radius 2 is 2.44 bits per heavy atom. The van der Waals surface area contributed by atoms with Crippen LogP contribution in [0.5, 0.6) is 0 Å². The Balaban J connectivity index is 1.40. The Morgan fingerprint density at radius 1 is 1.44 bits per heavy atom. The van der Waals surface area contributed by atoms with Gasteiger partial charge in [0.2, 0.25) is 0 Å². The zero-order valence-electron chi connectivity index (χ0n) is 10.1. The van der Waals surface area contributed by atoms with E-state index in [0.717, 1.165) is 32.5 Å². The summed E-state index contributed by atoms with van der Waals surface area (Å²) in [4.78, 5) is 11.8. The largest absolute Gasteiger partial charge is 0.347 e. The van der Waals surface area contributed by atoms with Crippen LogP contribution in [0.3, 0.4) is 0 Å². The molecule has 0 aliphatic carbocycles. The zero-order valence-corrected chi connectivity index (χ0v) is 11.0. The van der Waals surface area contributed by atoms with Crippen molar-refractivity contribution in [2.75, 3.05) is 13.1 Å². The molecule has 18 heavy (non-hydrogen) atoms. The molecule has 0 bridgehead atoms. The molecule has 5 nitrogen and oxygen atoms in total. The van der Waals surface area contributed by atoms with E-state index >= 15 is 0 Å². The van der Waals surface area contributed by atoms with E-state index in [-0.39, 0.29) is 0 Å². The van der Waals surface area contributed by atoms with Crippen molar-refractivity contribution in [2.24, 2.45) is 0 Å². The van der Waals surface area contributed by atoms with Gasteiger partial charge in [0.05, 0.1) is 22.7 Å². The molecule has 0 amide bonds. The summed E-state index contributed by atoms with van der Waals surface area (Å²) < 4.78 is 0. The van der Waals surface area contributed by atoms with E-state index in [1.165, 1.54) is 16.4 Å². The predicted octanol–water partition coefficient (Wildman–Crippen LogP) is 0.713. The molecule has 1 aliphatic rings. The summed E-state index contributed by atoms with van der Waals surface area (Å²) >= 11 is 1.72. The number of hydrogen-bond acceptors (Lipinski definition) is 5. The molecule has 3 rings (SSSR count). The maximum absolute atomic E-state index is 4.34. The van der Waals surface area contributed by atoms with Gasteiger partial charge in [-0.2, -0.15) is 0 Å². The van der Waals surface area contributed by atoms with Crippen molar-refractivity contribution in [1.29, 1.82) is 0 Å². The van der Waals surface area contributed by atoms with E-state index in [2.05, 4.69) is 25.6 Å². The molecule has 6 heteroatoms. The van der Waals surface area contributed by atoms with Gasteiger partial charge in [0.15, 0.2) is 0 Å². The van der Waals surface area contributed by atoms with E-state index in [0.29, 0.717) is 6.04 Å². The molecule has 1 atom stereocenters. The lowest BCUT2D eigenvalue weighted by atomic mass is 10.1. The molecule has 3 N–H and O–H groups in total. The quantitative estimate of drug-likeness (QED) is 0.695. The van der Waals surface area contributed by atoms with E-state index in [4.69, 9.17) is 0 Å². The van der Waals surface area contributed by atoms with Crippen LogP contribution in [0.4, 0.5) is 0 Å². The highest BCUT2D eigenvalue weighted by atomic mass is 32.1. The molecule has 0 saturated heterocycles. The Morgan fingerprint density at radius 3 is 3.33 bits per heavy atom. The van der Waals surface area contributed by atoms with Gasteiger partial charge in [-0.3, -0.25) is 0 Å². The minimum Gasteiger partial charge on any atom is -0.347 e. The third-order valence-electron chi connectivity index (χ3n) is 3.20. The highest BCUT2D eigenvalue weighted by Crippen LogP contribution is 2.11. The molecule has 2 aromatic heterocycles. The van der Waals surface area contributed by atoms with Gasteiger partial charge >= 0.3 is 0 Å². The molecule has 2 aromatic rings. The average molecular weight is 263 g/mol. The Kier molecular flexibility index (Phi) is 3.68. The lowest BCUT2D eigenvalue weighted by Gasteiger charge is -2.23. The van der Waals surface area contributed by atoms with Gasteiger partial charge in [-0.25, -0.2) is 9.97 Å². The van der Waals surface area contributed by atoms with Gasteiger partial charge < -0.3 is 15.6 Å². The number of nitrogens with one attached hydrogen (secondary N) is 3. The summed E-state index contributed by atoms with van der Waals surface area (Å²) in [5, 5.41) is 10.2. The monoisotopic (exact) mass is 263 g/mol. The number of thiazole rings is 1. The fraction of sp³-hybridized carbons (Fsp3) is 0.500. The van der Waals surface area contributed by atoms with Gasteiger partial charge in [0.25, 0.3) is 0 Å². The smallest absolute Gasteiger partial charge is 0.0937 e. The predicted molar refractivity (Wildman–Crippen MR) is 71.6 cm³/mol. The Bertz CT molecular complexity index is 478. The average Bonchev–Trinajstić information content (AvgIpc) is 3.05. The minimum atomic E-state index is 0.483. The van der Waals surface area contributed by atoms with Gasteiger partial charge in [0, 0.05) is 50.1 Å². The van der Waals surface area contributed by atoms with E-state index in [1.807, 2.05) is 11.6 Å². The van der Waals surface area contributed by atoms with Crippen LogP contribution in [0.25, 0.3) is 0 Å². The highest BCUT2D eigenvalue weighted by Gasteiger charge is 2.19. The fourth-order valence-electron chi connectivity index (χ4n) is 2.22. The van der Waals surface area contributed by atoms with Gasteiger partial charge in [-0.15, -0.1) is 11.3 Å². The number of rotatable bonds is 5. The van der Waals surface area contributed by atoms with Crippen molar-refractivity contribution < 1.29 is 0 Å². The summed E-state index contributed by atoms with van der Waals surface area (Å²) in [6.07, 6.45) is 5.66. The second-order valence-corrected chi connectivity index (χ2v) is 5.47. The summed E-state index contributed by atoms with van der Waals surface area (Å²) in [6, 6.07) is 0.483. The van der Waals surface area contributed by atoms with Crippen molar-refractivity contribution in [1.82, 2.24) is 25.6 Å². The normalized spacial score (nSPS) is 18.8. The third-order valence-corrected chi connectivity index (χ3v) is 4.04. The molecule has 0 radical (unpaired) electrons. The van der Waals surface area contributed by atoms with Crippen molar-refractivity contribution >= 4 is 11.3 Å². The number of aromatic amines is 1. The summed E-state index contributed by atoms with van der Waals surface area (Å²) in [7, 11) is 0. The van der Waals surface area contributed by atoms with Crippen LogP contribution in [-0.2, 0) is 19.4 Å². The molecule has 96 valence electrons. The second kappa shape index (κ2) is 5.60. The first-order valence-corrected chi connectivity index (χ1v) is 7.13. The van der Waals surface area contributed by atoms with Crippen LogP contribution in [-0.4, -0.2) is 34.1 Å². The molecule has 0 aromatic carbocycles. The first-order chi connectivity index (χ1) is 8.92. The van der Waals surface area contributed by atoms with Crippen molar-refractivity contribution in [3.8, 4) is 0 Å². The van der Waals surface area contributed by atoms with Crippen LogP contribution in [0.1, 0.15) is 16.4 Å². The second-order valence-electron chi connectivity index (χ2n) is 4.49. The first-order valence-electron chi connectivity index (χ1n) is 6.25. The van der Waals surface area contributed by atoms with E-state index in [9.17, 15) is 0 Å². The SMILES string of the molecule is c1csc(CCNCC2Cc3nc[nH]c3CN2)n1. The fourth-order valence-corrected chi connectivity index (χ4v) is 2.84. The van der Waals surface area contributed by atoms with Gasteiger partial charge in [-0.1, -0.05) is 0 Å². The van der Waals surface area contributed by atoms with Gasteiger partial charge in [-0.05, 0) is 0 Å². The zero-order chi connectivity index (χ0) is 12.2. The highest BCUT2D eigenvalue weighted by molar-refractivity contribution is 7.09. The molecule has 0 fully saturated rings. The topological polar surface area (TPSA) is 65.6 Å². The number of aromatic nitrogens is 3. The summed E-state index contributed by atoms with van der Waals surface area (Å²) in [5.41, 5.74) is 2.44. The van der Waals surface area contributed by atoms with Gasteiger partial charge in [0.1, 0.15) is 0 Å². The number of H-pyrrole nitrogens is 1. The number of nitrogens with zero attached hydrogens (tertiary/aromatic N) is 2. The minimum absolute atomic E-state index is 0.483. The van der Waals surface area contributed by atoms with Crippen molar-refractivity contribution in [3.63, 3.8) is 0 Å². The van der Waals surface area contributed by atoms with Crippen LogP contribution in [0.15, 0.2) is 17.9 Å². The Hall–Kier alpha value is -1.24. The number of hydrogen-bond donors (Lipinski definition) is 3. The summed E-state index contributed by atoms with van der Waals surface area (Å²) in [6.45, 7) is 2.87. The number of imidazole rings is 1. The molecule has 1 unspecified atom stereocenters. The number of fused-ring (bicyclic) bond motifs is 1. The third kappa shape index (κ3) is 2.77. The van der Waals surface area contributed by atoms with Crippen LogP contribution in [0, 0.1) is 0 Å². The maximum Gasteiger partial charge on any atom is 0.0937 e. The molecule has 0 saturated carbocycles. The van der Waals surface area contributed by atoms with Crippen molar-refractivity contribution in [2.45, 2.75) is 25.4 Å². The Labute approximate surface area is 110 Å². The lowest BCUT2D eigenvalue weighted by molar-refractivity contribution is 0.442. The summed E-state index contributed by atoms with van der Waals surface area (Å²) in [5.74, 6) is 0. The standard InChI is InChI=1S/C12H17N5S/c1(12-14-3-4-18-12)2-13-6-9-5-10-11(7-15-9)17-8-16-10/h3-4,8-9,13,15H,1-2,5-7H2,(H,16,17). The van der Waals surface area contributed by atoms with Crippen LogP contribution < -0.4 is 10.6 Å². The molecule has 1 aliphatic heterocycles. The van der Waals surface area contributed by atoms with E-state index < -0.39 is 0 Å². The van der Waals surface area contributed by atoms with E-state index in [1.54, 1.807) is 17.7 Å². The first kappa shape index (κ1) is 11.8. The van der Waals surface area contributed by atoms with Crippen molar-refractivity contribution in [3.05, 3.63) is 34.3 Å². The van der Waals surface area contributed by atoms with Crippen LogP contribution in [0.2, 0.25) is 0 Å². The van der Waals surface area contributed by atoms with Crippen LogP contribution >= 0.6 is 11.3 Å². The lowest BCUT2D eigenvalue weighted by Crippen LogP contribution is -2.43. The molecular formula is C12H17N5S. The molecular weight excluding hydrogens is 246 g/mol. The molecule has 0 spiro atoms.